The number of carbonyl (C=O) groups excluding carboxylic acids is 1. The third-order valence-corrected chi connectivity index (χ3v) is 3.93. The van der Waals surface area contributed by atoms with Crippen molar-refractivity contribution < 1.29 is 9.53 Å². The minimum Gasteiger partial charge on any atom is -0.444 e. The maximum atomic E-state index is 12.1. The Labute approximate surface area is 142 Å². The number of nitrogens with one attached hydrogen (secondary N) is 1. The highest BCUT2D eigenvalue weighted by Gasteiger charge is 2.20. The molecule has 1 heterocycles. The molecule has 0 atom stereocenters. The maximum Gasteiger partial charge on any atom is 0.410 e. The predicted molar refractivity (Wildman–Crippen MR) is 95.8 cm³/mol. The Kier molecular flexibility index (Phi) is 5.66. The molecule has 1 aromatic carbocycles. The van der Waals surface area contributed by atoms with Crippen LogP contribution in [-0.4, -0.2) is 23.6 Å². The molecule has 0 saturated carbocycles. The van der Waals surface area contributed by atoms with Gasteiger partial charge in [0, 0.05) is 19.3 Å². The number of amides is 1. The summed E-state index contributed by atoms with van der Waals surface area (Å²) < 4.78 is 5.40. The quantitative estimate of drug-likeness (QED) is 0.861. The van der Waals surface area contributed by atoms with Crippen LogP contribution in [0.2, 0.25) is 0 Å². The van der Waals surface area contributed by atoms with E-state index in [4.69, 9.17) is 4.74 Å². The number of thiophene rings is 1. The summed E-state index contributed by atoms with van der Waals surface area (Å²) in [6.07, 6.45) is -0.315. The van der Waals surface area contributed by atoms with Crippen molar-refractivity contribution in [3.8, 4) is 0 Å². The molecule has 0 aliphatic heterocycles. The highest BCUT2D eigenvalue weighted by Crippen LogP contribution is 2.19. The van der Waals surface area contributed by atoms with E-state index in [-0.39, 0.29) is 6.09 Å². The van der Waals surface area contributed by atoms with Crippen LogP contribution in [0, 0.1) is 0 Å². The average Bonchev–Trinajstić information content (AvgIpc) is 2.98. The van der Waals surface area contributed by atoms with Gasteiger partial charge >= 0.3 is 6.09 Å². The van der Waals surface area contributed by atoms with Gasteiger partial charge in [-0.25, -0.2) is 4.79 Å². The van der Waals surface area contributed by atoms with Crippen molar-refractivity contribution in [2.75, 3.05) is 12.4 Å². The number of anilines is 1. The fraction of sp³-hybridized carbons (Fsp3) is 0.389. The van der Waals surface area contributed by atoms with Gasteiger partial charge in [0.1, 0.15) is 5.60 Å². The molecule has 0 fully saturated rings. The van der Waals surface area contributed by atoms with Crippen molar-refractivity contribution in [1.82, 2.24) is 4.90 Å². The molecule has 2 aromatic rings. The van der Waals surface area contributed by atoms with Crippen LogP contribution in [0.3, 0.4) is 0 Å². The van der Waals surface area contributed by atoms with Gasteiger partial charge in [-0.15, -0.1) is 0 Å². The third kappa shape index (κ3) is 5.60. The first-order valence-corrected chi connectivity index (χ1v) is 8.56. The second-order valence-electron chi connectivity index (χ2n) is 6.48. The second-order valence-corrected chi connectivity index (χ2v) is 7.26. The lowest BCUT2D eigenvalue weighted by atomic mass is 10.1. The van der Waals surface area contributed by atoms with Crippen molar-refractivity contribution in [2.45, 2.75) is 39.5 Å². The van der Waals surface area contributed by atoms with Crippen molar-refractivity contribution in [3.63, 3.8) is 0 Å². The molecule has 5 heteroatoms. The first-order valence-electron chi connectivity index (χ1n) is 7.62. The van der Waals surface area contributed by atoms with Crippen molar-refractivity contribution >= 4 is 23.1 Å². The zero-order valence-electron chi connectivity index (χ0n) is 14.1. The summed E-state index contributed by atoms with van der Waals surface area (Å²) in [4.78, 5) is 13.7. The number of para-hydroxylation sites is 1. The van der Waals surface area contributed by atoms with Crippen LogP contribution in [0.25, 0.3) is 0 Å². The Morgan fingerprint density at radius 3 is 2.65 bits per heavy atom. The molecule has 124 valence electrons. The van der Waals surface area contributed by atoms with Crippen LogP contribution in [0.5, 0.6) is 0 Å². The normalized spacial score (nSPS) is 11.1. The molecule has 0 aliphatic carbocycles. The minimum atomic E-state index is -0.484. The Morgan fingerprint density at radius 1 is 1.26 bits per heavy atom. The summed E-state index contributed by atoms with van der Waals surface area (Å²) in [6.45, 7) is 6.89. The zero-order chi connectivity index (χ0) is 16.9. The van der Waals surface area contributed by atoms with Crippen molar-refractivity contribution in [1.29, 1.82) is 0 Å². The molecule has 0 radical (unpaired) electrons. The lowest BCUT2D eigenvalue weighted by molar-refractivity contribution is 0.0285. The van der Waals surface area contributed by atoms with Gasteiger partial charge in [-0.3, -0.25) is 0 Å². The van der Waals surface area contributed by atoms with Crippen LogP contribution in [0.4, 0.5) is 10.5 Å². The van der Waals surface area contributed by atoms with Crippen LogP contribution in [0.1, 0.15) is 31.9 Å². The topological polar surface area (TPSA) is 41.6 Å². The number of carbonyl (C=O) groups is 1. The van der Waals surface area contributed by atoms with Gasteiger partial charge in [-0.05, 0) is 54.8 Å². The molecule has 0 aliphatic rings. The number of hydrogen-bond acceptors (Lipinski definition) is 4. The largest absolute Gasteiger partial charge is 0.444 e. The first-order chi connectivity index (χ1) is 10.8. The van der Waals surface area contributed by atoms with Gasteiger partial charge in [0.2, 0.25) is 0 Å². The summed E-state index contributed by atoms with van der Waals surface area (Å²) >= 11 is 1.69. The smallest absolute Gasteiger partial charge is 0.410 e. The standard InChI is InChI=1S/C18H24N2O2S/c1-18(2,3)22-17(21)20(4)12-15-7-5-6-8-16(15)19-11-14-9-10-23-13-14/h5-10,13,19H,11-12H2,1-4H3. The van der Waals surface area contributed by atoms with Gasteiger partial charge in [0.15, 0.2) is 0 Å². The van der Waals surface area contributed by atoms with Gasteiger partial charge < -0.3 is 15.0 Å². The second kappa shape index (κ2) is 7.51. The number of hydrogen-bond donors (Lipinski definition) is 1. The Hall–Kier alpha value is -2.01. The van der Waals surface area contributed by atoms with E-state index in [0.717, 1.165) is 17.8 Å². The van der Waals surface area contributed by atoms with Gasteiger partial charge in [-0.1, -0.05) is 18.2 Å². The van der Waals surface area contributed by atoms with E-state index in [9.17, 15) is 4.79 Å². The molecular formula is C18H24N2O2S. The molecule has 0 unspecified atom stereocenters. The van der Waals surface area contributed by atoms with E-state index in [1.54, 1.807) is 23.3 Å². The molecule has 0 spiro atoms. The molecule has 1 aromatic heterocycles. The fourth-order valence-electron chi connectivity index (χ4n) is 2.08. The van der Waals surface area contributed by atoms with E-state index in [0.29, 0.717) is 6.54 Å². The van der Waals surface area contributed by atoms with Crippen LogP contribution < -0.4 is 5.32 Å². The van der Waals surface area contributed by atoms with E-state index >= 15 is 0 Å². The molecular weight excluding hydrogens is 308 g/mol. The third-order valence-electron chi connectivity index (χ3n) is 3.19. The molecule has 0 saturated heterocycles. The Morgan fingerprint density at radius 2 is 2.00 bits per heavy atom. The van der Waals surface area contributed by atoms with E-state index in [2.05, 4.69) is 22.1 Å². The predicted octanol–water partition coefficient (Wildman–Crippen LogP) is 4.73. The zero-order valence-corrected chi connectivity index (χ0v) is 14.9. The van der Waals surface area contributed by atoms with Crippen LogP contribution in [0.15, 0.2) is 41.1 Å². The minimum absolute atomic E-state index is 0.315. The summed E-state index contributed by atoms with van der Waals surface area (Å²) in [7, 11) is 1.75. The lowest BCUT2D eigenvalue weighted by Gasteiger charge is -2.25. The van der Waals surface area contributed by atoms with E-state index in [1.807, 2.05) is 45.0 Å². The Balaban J connectivity index is 2.00. The van der Waals surface area contributed by atoms with Crippen molar-refractivity contribution in [2.24, 2.45) is 0 Å². The van der Waals surface area contributed by atoms with Gasteiger partial charge in [-0.2, -0.15) is 11.3 Å². The highest BCUT2D eigenvalue weighted by molar-refractivity contribution is 7.07. The number of ether oxygens (including phenoxy) is 1. The van der Waals surface area contributed by atoms with E-state index < -0.39 is 5.60 Å². The number of rotatable bonds is 5. The molecule has 1 amide bonds. The summed E-state index contributed by atoms with van der Waals surface area (Å²) in [6, 6.07) is 10.1. The summed E-state index contributed by atoms with van der Waals surface area (Å²) in [5.74, 6) is 0. The molecule has 23 heavy (non-hydrogen) atoms. The highest BCUT2D eigenvalue weighted by atomic mass is 32.1. The molecule has 4 nitrogen and oxygen atoms in total. The first kappa shape index (κ1) is 17.3. The van der Waals surface area contributed by atoms with E-state index in [1.165, 1.54) is 5.56 Å². The van der Waals surface area contributed by atoms with Crippen LogP contribution >= 0.6 is 11.3 Å². The molecule has 2 rings (SSSR count). The Bertz CT molecular complexity index is 633. The van der Waals surface area contributed by atoms with Crippen LogP contribution in [-0.2, 0) is 17.8 Å². The molecule has 0 bridgehead atoms. The van der Waals surface area contributed by atoms with Gasteiger partial charge in [0.05, 0.1) is 6.54 Å². The van der Waals surface area contributed by atoms with Crippen molar-refractivity contribution in [3.05, 3.63) is 52.2 Å². The molecule has 1 N–H and O–H groups in total. The van der Waals surface area contributed by atoms with Gasteiger partial charge in [0.25, 0.3) is 0 Å². The summed E-state index contributed by atoms with van der Waals surface area (Å²) in [5, 5.41) is 7.63. The average molecular weight is 332 g/mol. The number of benzene rings is 1. The lowest BCUT2D eigenvalue weighted by Crippen LogP contribution is -2.33. The summed E-state index contributed by atoms with van der Waals surface area (Å²) in [5.41, 5.74) is 2.87. The number of nitrogens with zero attached hydrogens (tertiary/aromatic N) is 1. The SMILES string of the molecule is CN(Cc1ccccc1NCc1ccsc1)C(=O)OC(C)(C)C. The maximum absolute atomic E-state index is 12.1. The fourth-order valence-corrected chi connectivity index (χ4v) is 2.75. The monoisotopic (exact) mass is 332 g/mol.